The van der Waals surface area contributed by atoms with Gasteiger partial charge in [-0.1, -0.05) is 17.7 Å². The van der Waals surface area contributed by atoms with Crippen LogP contribution >= 0.6 is 11.8 Å². The molecule has 2 aromatic carbocycles. The van der Waals surface area contributed by atoms with E-state index in [1.165, 1.54) is 11.8 Å². The molecule has 1 heterocycles. The van der Waals surface area contributed by atoms with Crippen LogP contribution in [0.1, 0.15) is 42.3 Å². The van der Waals surface area contributed by atoms with Crippen LogP contribution in [0, 0.1) is 6.92 Å². The lowest BCUT2D eigenvalue weighted by atomic mass is 10.1. The molecule has 0 aromatic heterocycles. The van der Waals surface area contributed by atoms with Crippen molar-refractivity contribution >= 4 is 23.6 Å². The summed E-state index contributed by atoms with van der Waals surface area (Å²) in [5.41, 5.74) is 7.65. The molecule has 1 unspecified atom stereocenters. The highest BCUT2D eigenvalue weighted by Gasteiger charge is 2.28. The van der Waals surface area contributed by atoms with E-state index >= 15 is 0 Å². The van der Waals surface area contributed by atoms with E-state index in [9.17, 15) is 9.59 Å². The van der Waals surface area contributed by atoms with Gasteiger partial charge in [0.05, 0.1) is 25.1 Å². The lowest BCUT2D eigenvalue weighted by Crippen LogP contribution is -2.45. The van der Waals surface area contributed by atoms with Gasteiger partial charge in [-0.2, -0.15) is 0 Å². The Morgan fingerprint density at radius 2 is 1.61 bits per heavy atom. The Morgan fingerprint density at radius 1 is 0.968 bits per heavy atom. The van der Waals surface area contributed by atoms with Crippen molar-refractivity contribution in [2.75, 3.05) is 19.8 Å². The Hall–Kier alpha value is -2.87. The number of thioether (sulfide) groups is 1. The summed E-state index contributed by atoms with van der Waals surface area (Å²) >= 11 is 1.51. The third kappa shape index (κ3) is 5.44. The van der Waals surface area contributed by atoms with Crippen LogP contribution in [-0.2, 0) is 11.2 Å². The Labute approximate surface area is 186 Å². The van der Waals surface area contributed by atoms with E-state index in [-0.39, 0.29) is 11.2 Å². The minimum absolute atomic E-state index is 0.242. The number of amides is 2. The molecule has 3 rings (SSSR count). The van der Waals surface area contributed by atoms with E-state index in [4.69, 9.17) is 14.2 Å². The number of ether oxygens (including phenoxy) is 3. The summed E-state index contributed by atoms with van der Waals surface area (Å²) < 4.78 is 16.9. The average Bonchev–Trinajstić information content (AvgIpc) is 3.17. The SMILES string of the molecule is CCOc1cc(C(=O)NNC(=O)C2Cc3ccc(C)cc3S2)cc(OCC)c1OCC. The molecule has 7 nitrogen and oxygen atoms in total. The van der Waals surface area contributed by atoms with Gasteiger partial charge in [0.1, 0.15) is 0 Å². The number of carbonyl (C=O) groups is 2. The number of nitrogens with one attached hydrogen (secondary N) is 2. The van der Waals surface area contributed by atoms with E-state index in [0.717, 1.165) is 16.0 Å². The van der Waals surface area contributed by atoms with Crippen molar-refractivity contribution in [2.24, 2.45) is 0 Å². The number of aryl methyl sites for hydroxylation is 1. The van der Waals surface area contributed by atoms with Crippen LogP contribution in [-0.4, -0.2) is 36.9 Å². The molecule has 8 heteroatoms. The molecule has 2 N–H and O–H groups in total. The van der Waals surface area contributed by atoms with Gasteiger partial charge in [-0.15, -0.1) is 11.8 Å². The van der Waals surface area contributed by atoms with Crippen molar-refractivity contribution in [3.63, 3.8) is 0 Å². The van der Waals surface area contributed by atoms with Gasteiger partial charge in [0.2, 0.25) is 5.75 Å². The fourth-order valence-corrected chi connectivity index (χ4v) is 4.56. The third-order valence-electron chi connectivity index (χ3n) is 4.66. The summed E-state index contributed by atoms with van der Waals surface area (Å²) in [6, 6.07) is 9.34. The molecular formula is C23H28N2O5S. The van der Waals surface area contributed by atoms with Crippen molar-refractivity contribution in [2.45, 2.75) is 44.3 Å². The van der Waals surface area contributed by atoms with Crippen LogP contribution < -0.4 is 25.1 Å². The molecule has 1 atom stereocenters. The van der Waals surface area contributed by atoms with Gasteiger partial charge in [-0.25, -0.2) is 0 Å². The molecule has 0 saturated heterocycles. The van der Waals surface area contributed by atoms with Crippen molar-refractivity contribution in [1.82, 2.24) is 10.9 Å². The van der Waals surface area contributed by atoms with E-state index in [0.29, 0.717) is 49.1 Å². The Bertz CT molecular complexity index is 936. The first kappa shape index (κ1) is 22.8. The number of carbonyl (C=O) groups excluding carboxylic acids is 2. The van der Waals surface area contributed by atoms with Gasteiger partial charge >= 0.3 is 0 Å². The molecule has 31 heavy (non-hydrogen) atoms. The first-order chi connectivity index (χ1) is 15.0. The van der Waals surface area contributed by atoms with Gasteiger partial charge < -0.3 is 14.2 Å². The molecule has 166 valence electrons. The Balaban J connectivity index is 1.69. The molecule has 0 saturated carbocycles. The molecule has 2 aromatic rings. The third-order valence-corrected chi connectivity index (χ3v) is 5.96. The lowest BCUT2D eigenvalue weighted by molar-refractivity contribution is -0.121. The molecule has 0 bridgehead atoms. The summed E-state index contributed by atoms with van der Waals surface area (Å²) in [4.78, 5) is 26.4. The molecule has 1 aliphatic heterocycles. The maximum atomic E-state index is 12.7. The van der Waals surface area contributed by atoms with E-state index in [1.54, 1.807) is 12.1 Å². The predicted molar refractivity (Wildman–Crippen MR) is 120 cm³/mol. The highest BCUT2D eigenvalue weighted by molar-refractivity contribution is 8.01. The maximum Gasteiger partial charge on any atom is 0.269 e. The van der Waals surface area contributed by atoms with E-state index < -0.39 is 5.91 Å². The normalized spacial score (nSPS) is 14.5. The monoisotopic (exact) mass is 444 g/mol. The molecule has 0 spiro atoms. The number of hydrazine groups is 1. The Kier molecular flexibility index (Phi) is 7.68. The second kappa shape index (κ2) is 10.4. The van der Waals surface area contributed by atoms with Crippen molar-refractivity contribution in [1.29, 1.82) is 0 Å². The minimum Gasteiger partial charge on any atom is -0.490 e. The zero-order valence-corrected chi connectivity index (χ0v) is 19.1. The summed E-state index contributed by atoms with van der Waals surface area (Å²) in [7, 11) is 0. The number of hydrogen-bond acceptors (Lipinski definition) is 6. The highest BCUT2D eigenvalue weighted by Crippen LogP contribution is 2.39. The minimum atomic E-state index is -0.463. The second-order valence-electron chi connectivity index (χ2n) is 6.97. The average molecular weight is 445 g/mol. The molecular weight excluding hydrogens is 416 g/mol. The van der Waals surface area contributed by atoms with Gasteiger partial charge in [0.15, 0.2) is 11.5 Å². The standard InChI is InChI=1S/C23H28N2O5S/c1-5-28-17-11-16(12-18(29-6-2)21(17)30-7-3)22(26)24-25-23(27)20-13-15-9-8-14(4)10-19(15)31-20/h8-12,20H,5-7,13H2,1-4H3,(H,24,26)(H,25,27). The zero-order chi connectivity index (χ0) is 22.4. The molecule has 0 fully saturated rings. The van der Waals surface area contributed by atoms with Crippen molar-refractivity contribution in [3.05, 3.63) is 47.0 Å². The molecule has 1 aliphatic rings. The quantitative estimate of drug-likeness (QED) is 0.605. The second-order valence-corrected chi connectivity index (χ2v) is 8.21. The summed E-state index contributed by atoms with van der Waals surface area (Å²) in [6.45, 7) is 8.84. The number of benzene rings is 2. The molecule has 0 radical (unpaired) electrons. The predicted octanol–water partition coefficient (Wildman–Crippen LogP) is 3.67. The highest BCUT2D eigenvalue weighted by atomic mass is 32.2. The van der Waals surface area contributed by atoms with Gasteiger partial charge in [-0.3, -0.25) is 20.4 Å². The van der Waals surface area contributed by atoms with Crippen LogP contribution in [0.5, 0.6) is 17.2 Å². The van der Waals surface area contributed by atoms with Crippen LogP contribution in [0.15, 0.2) is 35.2 Å². The summed E-state index contributed by atoms with van der Waals surface area (Å²) in [6.07, 6.45) is 0.633. The number of fused-ring (bicyclic) bond motifs is 1. The van der Waals surface area contributed by atoms with Gasteiger partial charge in [0.25, 0.3) is 11.8 Å². The zero-order valence-electron chi connectivity index (χ0n) is 18.2. The number of hydrogen-bond donors (Lipinski definition) is 2. The largest absolute Gasteiger partial charge is 0.490 e. The number of rotatable bonds is 8. The summed E-state index contributed by atoms with van der Waals surface area (Å²) in [5, 5.41) is -0.282. The summed E-state index contributed by atoms with van der Waals surface area (Å²) in [5.74, 6) is 0.595. The lowest BCUT2D eigenvalue weighted by Gasteiger charge is -2.17. The smallest absolute Gasteiger partial charge is 0.269 e. The fourth-order valence-electron chi connectivity index (χ4n) is 3.27. The topological polar surface area (TPSA) is 85.9 Å². The van der Waals surface area contributed by atoms with Gasteiger partial charge in [-0.05, 0) is 57.9 Å². The van der Waals surface area contributed by atoms with Crippen LogP contribution in [0.2, 0.25) is 0 Å². The van der Waals surface area contributed by atoms with Crippen LogP contribution in [0.3, 0.4) is 0 Å². The molecule has 2 amide bonds. The van der Waals surface area contributed by atoms with E-state index in [2.05, 4.69) is 16.9 Å². The van der Waals surface area contributed by atoms with Crippen LogP contribution in [0.4, 0.5) is 0 Å². The fraction of sp³-hybridized carbons (Fsp3) is 0.391. The molecule has 0 aliphatic carbocycles. The van der Waals surface area contributed by atoms with Gasteiger partial charge in [0, 0.05) is 10.5 Å². The first-order valence-electron chi connectivity index (χ1n) is 10.4. The first-order valence-corrected chi connectivity index (χ1v) is 11.3. The Morgan fingerprint density at radius 3 is 2.23 bits per heavy atom. The van der Waals surface area contributed by atoms with E-state index in [1.807, 2.05) is 39.8 Å². The van der Waals surface area contributed by atoms with Crippen molar-refractivity contribution < 1.29 is 23.8 Å². The maximum absolute atomic E-state index is 12.7. The van der Waals surface area contributed by atoms with Crippen molar-refractivity contribution in [3.8, 4) is 17.2 Å². The van der Waals surface area contributed by atoms with Crippen LogP contribution in [0.25, 0.3) is 0 Å².